The highest BCUT2D eigenvalue weighted by molar-refractivity contribution is 5.77. The van der Waals surface area contributed by atoms with Crippen molar-refractivity contribution in [3.8, 4) is 17.2 Å². The predicted molar refractivity (Wildman–Crippen MR) is 90.7 cm³/mol. The summed E-state index contributed by atoms with van der Waals surface area (Å²) in [6.07, 6.45) is 1.62. The van der Waals surface area contributed by atoms with Crippen molar-refractivity contribution in [2.45, 2.75) is 12.8 Å². The Kier molecular flexibility index (Phi) is 5.56. The number of nitrogens with one attached hydrogen (secondary N) is 1. The fraction of sp³-hybridized carbons (Fsp3) is 0.316. The number of benzene rings is 2. The molecule has 0 saturated carbocycles. The number of fused-ring (bicyclic) bond motifs is 1. The lowest BCUT2D eigenvalue weighted by molar-refractivity contribution is -0.123. The van der Waals surface area contributed by atoms with Gasteiger partial charge < -0.3 is 19.5 Å². The zero-order valence-electron chi connectivity index (χ0n) is 13.5. The molecule has 2 aromatic rings. The van der Waals surface area contributed by atoms with E-state index in [-0.39, 0.29) is 12.5 Å². The minimum absolute atomic E-state index is 0.0190. The first kappa shape index (κ1) is 16.2. The third-order valence-electron chi connectivity index (χ3n) is 3.66. The second-order valence-electron chi connectivity index (χ2n) is 5.53. The number of amides is 1. The molecule has 1 N–H and O–H groups in total. The van der Waals surface area contributed by atoms with Crippen molar-refractivity contribution < 1.29 is 19.0 Å². The molecular formula is C19H21NO4. The van der Waals surface area contributed by atoms with Crippen LogP contribution in [0.15, 0.2) is 48.5 Å². The second-order valence-corrected chi connectivity index (χ2v) is 5.53. The van der Waals surface area contributed by atoms with Crippen LogP contribution in [0.3, 0.4) is 0 Å². The van der Waals surface area contributed by atoms with Crippen molar-refractivity contribution in [3.05, 3.63) is 54.1 Å². The van der Waals surface area contributed by atoms with E-state index in [1.54, 1.807) is 0 Å². The van der Waals surface area contributed by atoms with E-state index < -0.39 is 0 Å². The van der Waals surface area contributed by atoms with Crippen LogP contribution in [0.25, 0.3) is 0 Å². The van der Waals surface area contributed by atoms with E-state index in [4.69, 9.17) is 14.2 Å². The minimum atomic E-state index is -0.131. The van der Waals surface area contributed by atoms with E-state index in [1.165, 1.54) is 0 Å². The highest BCUT2D eigenvalue weighted by atomic mass is 16.5. The van der Waals surface area contributed by atoms with Crippen molar-refractivity contribution in [2.24, 2.45) is 0 Å². The predicted octanol–water partition coefficient (Wildman–Crippen LogP) is 2.59. The fourth-order valence-corrected chi connectivity index (χ4v) is 2.43. The molecule has 0 unspecified atom stereocenters. The average molecular weight is 327 g/mol. The lowest BCUT2D eigenvalue weighted by atomic mass is 10.1. The third kappa shape index (κ3) is 4.65. The molecule has 5 nitrogen and oxygen atoms in total. The van der Waals surface area contributed by atoms with E-state index >= 15 is 0 Å². The largest absolute Gasteiger partial charge is 0.490 e. The Morgan fingerprint density at radius 2 is 1.83 bits per heavy atom. The number of rotatable bonds is 6. The molecule has 0 radical (unpaired) electrons. The van der Waals surface area contributed by atoms with Crippen LogP contribution in [-0.4, -0.2) is 32.3 Å². The number of carbonyl (C=O) groups is 1. The molecule has 1 heterocycles. The summed E-state index contributed by atoms with van der Waals surface area (Å²) in [5.41, 5.74) is 1.10. The van der Waals surface area contributed by atoms with Gasteiger partial charge in [-0.2, -0.15) is 0 Å². The Balaban J connectivity index is 1.43. The molecule has 0 aromatic heterocycles. The summed E-state index contributed by atoms with van der Waals surface area (Å²) in [5.74, 6) is 2.13. The van der Waals surface area contributed by atoms with Crippen molar-refractivity contribution in [1.29, 1.82) is 0 Å². The zero-order chi connectivity index (χ0) is 16.6. The molecule has 0 saturated heterocycles. The summed E-state index contributed by atoms with van der Waals surface area (Å²) in [6, 6.07) is 15.2. The normalized spacial score (nSPS) is 13.0. The maximum Gasteiger partial charge on any atom is 0.257 e. The van der Waals surface area contributed by atoms with Gasteiger partial charge in [-0.25, -0.2) is 0 Å². The molecule has 1 aliphatic rings. The number of para-hydroxylation sites is 1. The van der Waals surface area contributed by atoms with Crippen LogP contribution in [0.2, 0.25) is 0 Å². The molecule has 1 aliphatic heterocycles. The number of hydrogen-bond acceptors (Lipinski definition) is 4. The highest BCUT2D eigenvalue weighted by Crippen LogP contribution is 2.30. The van der Waals surface area contributed by atoms with E-state index in [0.717, 1.165) is 29.9 Å². The average Bonchev–Trinajstić information content (AvgIpc) is 2.86. The standard InChI is InChI=1S/C19H21NO4/c21-19(14-24-16-5-2-1-3-6-16)20-10-9-15-7-8-17-18(13-15)23-12-4-11-22-17/h1-3,5-8,13H,4,9-12,14H2,(H,20,21). The van der Waals surface area contributed by atoms with Gasteiger partial charge in [0.2, 0.25) is 0 Å². The van der Waals surface area contributed by atoms with Gasteiger partial charge in [0.25, 0.3) is 5.91 Å². The number of hydrogen-bond donors (Lipinski definition) is 1. The van der Waals surface area contributed by atoms with Gasteiger partial charge in [0.1, 0.15) is 5.75 Å². The lowest BCUT2D eigenvalue weighted by Crippen LogP contribution is -2.30. The van der Waals surface area contributed by atoms with Gasteiger partial charge in [-0.1, -0.05) is 24.3 Å². The number of ether oxygens (including phenoxy) is 3. The van der Waals surface area contributed by atoms with Gasteiger partial charge >= 0.3 is 0 Å². The molecule has 5 heteroatoms. The highest BCUT2D eigenvalue weighted by Gasteiger charge is 2.10. The fourth-order valence-electron chi connectivity index (χ4n) is 2.43. The molecule has 2 aromatic carbocycles. The van der Waals surface area contributed by atoms with Crippen LogP contribution in [0.5, 0.6) is 17.2 Å². The SMILES string of the molecule is O=C(COc1ccccc1)NCCc1ccc2c(c1)OCCCO2. The van der Waals surface area contributed by atoms with Crippen LogP contribution >= 0.6 is 0 Å². The minimum Gasteiger partial charge on any atom is -0.490 e. The van der Waals surface area contributed by atoms with Gasteiger partial charge in [-0.15, -0.1) is 0 Å². The Hall–Kier alpha value is -2.69. The molecule has 0 atom stereocenters. The van der Waals surface area contributed by atoms with Crippen LogP contribution < -0.4 is 19.5 Å². The second kappa shape index (κ2) is 8.24. The van der Waals surface area contributed by atoms with Crippen molar-refractivity contribution in [3.63, 3.8) is 0 Å². The summed E-state index contributed by atoms with van der Waals surface area (Å²) in [4.78, 5) is 11.8. The molecule has 126 valence electrons. The van der Waals surface area contributed by atoms with Gasteiger partial charge in [0.15, 0.2) is 18.1 Å². The summed E-state index contributed by atoms with van der Waals surface area (Å²) < 4.78 is 16.7. The van der Waals surface area contributed by atoms with E-state index in [2.05, 4.69) is 5.32 Å². The molecule has 24 heavy (non-hydrogen) atoms. The van der Waals surface area contributed by atoms with Crippen molar-refractivity contribution in [1.82, 2.24) is 5.32 Å². The first-order valence-electron chi connectivity index (χ1n) is 8.14. The molecule has 0 fully saturated rings. The summed E-state index contributed by atoms with van der Waals surface area (Å²) >= 11 is 0. The van der Waals surface area contributed by atoms with E-state index in [1.807, 2.05) is 48.5 Å². The van der Waals surface area contributed by atoms with Crippen molar-refractivity contribution >= 4 is 5.91 Å². The van der Waals surface area contributed by atoms with Crippen LogP contribution in [-0.2, 0) is 11.2 Å². The molecular weight excluding hydrogens is 306 g/mol. The quantitative estimate of drug-likeness (QED) is 0.886. The summed E-state index contributed by atoms with van der Waals surface area (Å²) in [7, 11) is 0. The number of carbonyl (C=O) groups excluding carboxylic acids is 1. The monoisotopic (exact) mass is 327 g/mol. The summed E-state index contributed by atoms with van der Waals surface area (Å²) in [5, 5.41) is 2.86. The topological polar surface area (TPSA) is 56.8 Å². The van der Waals surface area contributed by atoms with Crippen LogP contribution in [0.1, 0.15) is 12.0 Å². The smallest absolute Gasteiger partial charge is 0.257 e. The van der Waals surface area contributed by atoms with Crippen LogP contribution in [0.4, 0.5) is 0 Å². The van der Waals surface area contributed by atoms with E-state index in [9.17, 15) is 4.79 Å². The van der Waals surface area contributed by atoms with Gasteiger partial charge in [-0.05, 0) is 36.2 Å². The molecule has 1 amide bonds. The molecule has 0 aliphatic carbocycles. The third-order valence-corrected chi connectivity index (χ3v) is 3.66. The first-order chi connectivity index (χ1) is 11.8. The van der Waals surface area contributed by atoms with E-state index in [0.29, 0.717) is 25.5 Å². The summed E-state index contributed by atoms with van der Waals surface area (Å²) in [6.45, 7) is 1.93. The zero-order valence-corrected chi connectivity index (χ0v) is 13.5. The molecule has 0 bridgehead atoms. The lowest BCUT2D eigenvalue weighted by Gasteiger charge is -2.10. The molecule has 3 rings (SSSR count). The maximum absolute atomic E-state index is 11.8. The Labute approximate surface area is 141 Å². The van der Waals surface area contributed by atoms with Gasteiger partial charge in [0.05, 0.1) is 13.2 Å². The Morgan fingerprint density at radius 3 is 2.67 bits per heavy atom. The molecule has 0 spiro atoms. The van der Waals surface area contributed by atoms with Crippen LogP contribution in [0, 0.1) is 0 Å². The van der Waals surface area contributed by atoms with Crippen molar-refractivity contribution in [2.75, 3.05) is 26.4 Å². The van der Waals surface area contributed by atoms with Gasteiger partial charge in [0, 0.05) is 13.0 Å². The Bertz CT molecular complexity index is 672. The maximum atomic E-state index is 11.8. The first-order valence-corrected chi connectivity index (χ1v) is 8.14. The Morgan fingerprint density at radius 1 is 1.04 bits per heavy atom. The van der Waals surface area contributed by atoms with Gasteiger partial charge in [-0.3, -0.25) is 4.79 Å².